The molecule has 1 aliphatic rings. The molecule has 0 saturated heterocycles. The Balaban J connectivity index is 1.50. The van der Waals surface area contributed by atoms with Gasteiger partial charge in [0.05, 0.1) is 10.9 Å². The van der Waals surface area contributed by atoms with Crippen molar-refractivity contribution in [1.82, 2.24) is 4.31 Å². The van der Waals surface area contributed by atoms with Crippen LogP contribution in [0.4, 0.5) is 0 Å². The minimum absolute atomic E-state index is 0.0163. The molecule has 2 aromatic rings. The summed E-state index contributed by atoms with van der Waals surface area (Å²) in [7, 11) is -1.77. The van der Waals surface area contributed by atoms with Crippen LogP contribution in [-0.4, -0.2) is 38.3 Å². The molecule has 0 aromatic heterocycles. The molecule has 6 heteroatoms. The SMILES string of the molecule is CCC(CCCCN(C)S(=O)(=O)c1ccccc1)C1=N[C@@H](C)[C@@H](c2ccccc2)O1. The summed E-state index contributed by atoms with van der Waals surface area (Å²) in [6.45, 7) is 4.76. The number of hydrogen-bond acceptors (Lipinski definition) is 4. The molecule has 30 heavy (non-hydrogen) atoms. The van der Waals surface area contributed by atoms with Crippen molar-refractivity contribution in [2.45, 2.75) is 56.6 Å². The molecule has 0 aliphatic carbocycles. The highest BCUT2D eigenvalue weighted by atomic mass is 32.2. The molecule has 0 saturated carbocycles. The first-order valence-electron chi connectivity index (χ1n) is 10.7. The number of nitrogens with zero attached hydrogens (tertiary/aromatic N) is 2. The maximum Gasteiger partial charge on any atom is 0.242 e. The Labute approximate surface area is 180 Å². The number of unbranched alkanes of at least 4 members (excludes halogenated alkanes) is 1. The van der Waals surface area contributed by atoms with Crippen molar-refractivity contribution in [2.24, 2.45) is 10.9 Å². The fourth-order valence-corrected chi connectivity index (χ4v) is 5.07. The van der Waals surface area contributed by atoms with Crippen molar-refractivity contribution in [3.05, 3.63) is 66.2 Å². The lowest BCUT2D eigenvalue weighted by Gasteiger charge is -2.20. The first-order chi connectivity index (χ1) is 14.4. The molecule has 1 aliphatic heterocycles. The van der Waals surface area contributed by atoms with E-state index in [0.29, 0.717) is 11.4 Å². The molecule has 1 heterocycles. The molecule has 5 nitrogen and oxygen atoms in total. The maximum atomic E-state index is 12.6. The number of aliphatic imine (C=N–C) groups is 1. The van der Waals surface area contributed by atoms with Crippen molar-refractivity contribution in [3.8, 4) is 0 Å². The van der Waals surface area contributed by atoms with Crippen molar-refractivity contribution < 1.29 is 13.2 Å². The summed E-state index contributed by atoms with van der Waals surface area (Å²) in [6.07, 6.45) is 3.63. The van der Waals surface area contributed by atoms with Gasteiger partial charge in [0.25, 0.3) is 0 Å². The molecule has 1 unspecified atom stereocenters. The molecule has 0 fully saturated rings. The molecule has 162 valence electrons. The first-order valence-corrected chi connectivity index (χ1v) is 12.2. The molecule has 0 radical (unpaired) electrons. The Bertz CT molecular complexity index is 929. The summed E-state index contributed by atoms with van der Waals surface area (Å²) in [6, 6.07) is 18.9. The second-order valence-electron chi connectivity index (χ2n) is 7.90. The highest BCUT2D eigenvalue weighted by molar-refractivity contribution is 7.89. The van der Waals surface area contributed by atoms with Gasteiger partial charge in [0.2, 0.25) is 10.0 Å². The third-order valence-electron chi connectivity index (χ3n) is 5.71. The Kier molecular flexibility index (Phi) is 7.67. The standard InChI is InChI=1S/C24H32N2O3S/c1-4-20(24-25-19(2)23(29-24)21-14-7-5-8-15-21)13-11-12-18-26(3)30(27,28)22-16-9-6-10-17-22/h5-10,14-17,19-20,23H,4,11-13,18H2,1-3H3/t19-,20?,23-/m0/s1. The van der Waals surface area contributed by atoms with Crippen molar-refractivity contribution >= 4 is 15.9 Å². The van der Waals surface area contributed by atoms with Crippen molar-refractivity contribution in [2.75, 3.05) is 13.6 Å². The van der Waals surface area contributed by atoms with Crippen molar-refractivity contribution in [3.63, 3.8) is 0 Å². The molecular formula is C24H32N2O3S. The van der Waals surface area contributed by atoms with Crippen LogP contribution in [-0.2, 0) is 14.8 Å². The van der Waals surface area contributed by atoms with E-state index in [1.165, 1.54) is 4.31 Å². The lowest BCUT2D eigenvalue weighted by Crippen LogP contribution is -2.28. The van der Waals surface area contributed by atoms with Gasteiger partial charge >= 0.3 is 0 Å². The van der Waals surface area contributed by atoms with Gasteiger partial charge in [0.1, 0.15) is 6.10 Å². The van der Waals surface area contributed by atoms with E-state index in [-0.39, 0.29) is 18.1 Å². The van der Waals surface area contributed by atoms with Crippen LogP contribution in [0.25, 0.3) is 0 Å². The third-order valence-corrected chi connectivity index (χ3v) is 7.58. The van der Waals surface area contributed by atoms with Gasteiger partial charge in [0, 0.05) is 19.5 Å². The number of rotatable bonds is 10. The third kappa shape index (κ3) is 5.29. The van der Waals surface area contributed by atoms with Crippen LogP contribution in [0.2, 0.25) is 0 Å². The fraction of sp³-hybridized carbons (Fsp3) is 0.458. The molecular weight excluding hydrogens is 396 g/mol. The average molecular weight is 429 g/mol. The van der Waals surface area contributed by atoms with E-state index < -0.39 is 10.0 Å². The van der Waals surface area contributed by atoms with E-state index >= 15 is 0 Å². The first kappa shape index (κ1) is 22.5. The summed E-state index contributed by atoms with van der Waals surface area (Å²) in [4.78, 5) is 5.14. The molecule has 0 bridgehead atoms. The van der Waals surface area contributed by atoms with E-state index in [0.717, 1.165) is 37.1 Å². The number of ether oxygens (including phenoxy) is 1. The van der Waals surface area contributed by atoms with Gasteiger partial charge in [0.15, 0.2) is 5.90 Å². The fourth-order valence-electron chi connectivity index (χ4n) is 3.84. The van der Waals surface area contributed by atoms with E-state index in [1.807, 2.05) is 24.3 Å². The summed E-state index contributed by atoms with van der Waals surface area (Å²) in [5.74, 6) is 1.13. The summed E-state index contributed by atoms with van der Waals surface area (Å²) < 4.78 is 32.9. The van der Waals surface area contributed by atoms with E-state index in [1.54, 1.807) is 31.3 Å². The Morgan fingerprint density at radius 1 is 1.03 bits per heavy atom. The monoisotopic (exact) mass is 428 g/mol. The Hall–Kier alpha value is -2.18. The Morgan fingerprint density at radius 3 is 2.30 bits per heavy atom. The predicted molar refractivity (Wildman–Crippen MR) is 121 cm³/mol. The lowest BCUT2D eigenvalue weighted by molar-refractivity contribution is 0.187. The second-order valence-corrected chi connectivity index (χ2v) is 9.94. The smallest absolute Gasteiger partial charge is 0.242 e. The Morgan fingerprint density at radius 2 is 1.67 bits per heavy atom. The van der Waals surface area contributed by atoms with Gasteiger partial charge < -0.3 is 4.74 Å². The van der Waals surface area contributed by atoms with Crippen LogP contribution in [0.1, 0.15) is 51.2 Å². The van der Waals surface area contributed by atoms with Gasteiger partial charge in [-0.2, -0.15) is 0 Å². The van der Waals surface area contributed by atoms with E-state index in [2.05, 4.69) is 26.0 Å². The molecule has 2 aromatic carbocycles. The van der Waals surface area contributed by atoms with Crippen LogP contribution in [0.15, 0.2) is 70.6 Å². The largest absolute Gasteiger partial charge is 0.470 e. The number of sulfonamides is 1. The average Bonchev–Trinajstić information content (AvgIpc) is 3.16. The summed E-state index contributed by atoms with van der Waals surface area (Å²) in [5, 5.41) is 0. The quantitative estimate of drug-likeness (QED) is 0.497. The van der Waals surface area contributed by atoms with E-state index in [4.69, 9.17) is 9.73 Å². The molecule has 3 atom stereocenters. The van der Waals surface area contributed by atoms with Gasteiger partial charge in [-0.1, -0.05) is 61.9 Å². The highest BCUT2D eigenvalue weighted by Crippen LogP contribution is 2.32. The van der Waals surface area contributed by atoms with E-state index in [9.17, 15) is 8.42 Å². The van der Waals surface area contributed by atoms with Crippen molar-refractivity contribution in [1.29, 1.82) is 0 Å². The predicted octanol–water partition coefficient (Wildman–Crippen LogP) is 5.06. The minimum Gasteiger partial charge on any atom is -0.470 e. The second kappa shape index (κ2) is 10.2. The number of benzene rings is 2. The molecule has 0 amide bonds. The van der Waals surface area contributed by atoms with Gasteiger partial charge in [-0.15, -0.1) is 0 Å². The topological polar surface area (TPSA) is 59.0 Å². The zero-order valence-corrected chi connectivity index (χ0v) is 18.9. The van der Waals surface area contributed by atoms with Crippen LogP contribution < -0.4 is 0 Å². The summed E-state index contributed by atoms with van der Waals surface area (Å²) >= 11 is 0. The van der Waals surface area contributed by atoms with Crippen LogP contribution in [0.5, 0.6) is 0 Å². The zero-order chi connectivity index (χ0) is 21.6. The van der Waals surface area contributed by atoms with Crippen LogP contribution in [0, 0.1) is 5.92 Å². The van der Waals surface area contributed by atoms with Gasteiger partial charge in [-0.05, 0) is 43.9 Å². The molecule has 0 spiro atoms. The highest BCUT2D eigenvalue weighted by Gasteiger charge is 2.32. The lowest BCUT2D eigenvalue weighted by atomic mass is 9.99. The van der Waals surface area contributed by atoms with Crippen LogP contribution >= 0.6 is 0 Å². The normalized spacial score (nSPS) is 20.1. The number of hydrogen-bond donors (Lipinski definition) is 0. The molecule has 0 N–H and O–H groups in total. The van der Waals surface area contributed by atoms with Gasteiger partial charge in [-0.25, -0.2) is 17.7 Å². The van der Waals surface area contributed by atoms with Gasteiger partial charge in [-0.3, -0.25) is 0 Å². The minimum atomic E-state index is -3.42. The maximum absolute atomic E-state index is 12.6. The van der Waals surface area contributed by atoms with Crippen LogP contribution in [0.3, 0.4) is 0 Å². The molecule has 3 rings (SSSR count). The zero-order valence-electron chi connectivity index (χ0n) is 18.1. The summed E-state index contributed by atoms with van der Waals surface area (Å²) in [5.41, 5.74) is 1.16.